The standard InChI is InChI=1S/C16H23NO4S2/c1-21-16(18)13-6-5-9-15(12-13)23(19,20)17-10-11-22-14-7-3-2-4-8-14/h5-6,9,12,14,17H,2-4,7-8,10-11H2,1H3. The van der Waals surface area contributed by atoms with E-state index in [4.69, 9.17) is 0 Å². The second-order valence-electron chi connectivity index (χ2n) is 5.55. The van der Waals surface area contributed by atoms with Gasteiger partial charge in [0.2, 0.25) is 10.0 Å². The summed E-state index contributed by atoms with van der Waals surface area (Å²) < 4.78 is 31.8. The highest BCUT2D eigenvalue weighted by Gasteiger charge is 2.17. The molecule has 0 unspecified atom stereocenters. The predicted octanol–water partition coefficient (Wildman–Crippen LogP) is 2.82. The summed E-state index contributed by atoms with van der Waals surface area (Å²) >= 11 is 1.84. The second kappa shape index (κ2) is 8.70. The van der Waals surface area contributed by atoms with Crippen LogP contribution >= 0.6 is 11.8 Å². The van der Waals surface area contributed by atoms with Crippen LogP contribution in [0.15, 0.2) is 29.2 Å². The van der Waals surface area contributed by atoms with Gasteiger partial charge in [0.1, 0.15) is 0 Å². The Morgan fingerprint density at radius 2 is 2.04 bits per heavy atom. The monoisotopic (exact) mass is 357 g/mol. The topological polar surface area (TPSA) is 72.5 Å². The average molecular weight is 357 g/mol. The highest BCUT2D eigenvalue weighted by molar-refractivity contribution is 8.00. The second-order valence-corrected chi connectivity index (χ2v) is 8.72. The van der Waals surface area contributed by atoms with Gasteiger partial charge in [-0.2, -0.15) is 11.8 Å². The zero-order valence-electron chi connectivity index (χ0n) is 13.3. The Morgan fingerprint density at radius 3 is 2.74 bits per heavy atom. The van der Waals surface area contributed by atoms with Crippen LogP contribution in [0.2, 0.25) is 0 Å². The first kappa shape index (κ1) is 18.3. The molecule has 1 fully saturated rings. The lowest BCUT2D eigenvalue weighted by atomic mass is 10.0. The zero-order valence-corrected chi connectivity index (χ0v) is 14.9. The molecule has 0 saturated heterocycles. The van der Waals surface area contributed by atoms with Gasteiger partial charge in [-0.15, -0.1) is 0 Å². The van der Waals surface area contributed by atoms with Gasteiger partial charge in [0.15, 0.2) is 0 Å². The fourth-order valence-corrected chi connectivity index (χ4v) is 5.05. The molecule has 23 heavy (non-hydrogen) atoms. The van der Waals surface area contributed by atoms with Gasteiger partial charge in [-0.1, -0.05) is 25.3 Å². The minimum Gasteiger partial charge on any atom is -0.465 e. The fourth-order valence-electron chi connectivity index (χ4n) is 2.62. The Balaban J connectivity index is 1.87. The maximum absolute atomic E-state index is 12.3. The van der Waals surface area contributed by atoms with Crippen LogP contribution in [0.5, 0.6) is 0 Å². The number of nitrogens with one attached hydrogen (secondary N) is 1. The maximum atomic E-state index is 12.3. The third-order valence-electron chi connectivity index (χ3n) is 3.87. The van der Waals surface area contributed by atoms with Crippen molar-refractivity contribution in [2.45, 2.75) is 42.2 Å². The van der Waals surface area contributed by atoms with E-state index < -0.39 is 16.0 Å². The first-order chi connectivity index (χ1) is 11.0. The van der Waals surface area contributed by atoms with Crippen LogP contribution in [0.1, 0.15) is 42.5 Å². The zero-order chi connectivity index (χ0) is 16.7. The third kappa shape index (κ3) is 5.51. The summed E-state index contributed by atoms with van der Waals surface area (Å²) in [4.78, 5) is 11.6. The number of ether oxygens (including phenoxy) is 1. The van der Waals surface area contributed by atoms with Crippen molar-refractivity contribution in [2.75, 3.05) is 19.4 Å². The summed E-state index contributed by atoms with van der Waals surface area (Å²) in [6, 6.07) is 5.88. The van der Waals surface area contributed by atoms with Crippen LogP contribution in [0, 0.1) is 0 Å². The molecule has 1 aliphatic rings. The molecule has 1 aromatic carbocycles. The highest BCUT2D eigenvalue weighted by Crippen LogP contribution is 2.27. The smallest absolute Gasteiger partial charge is 0.337 e. The lowest BCUT2D eigenvalue weighted by Gasteiger charge is -2.20. The molecule has 0 radical (unpaired) electrons. The Bertz CT molecular complexity index is 625. The Labute approximate surface area is 142 Å². The molecule has 1 aromatic rings. The number of hydrogen-bond acceptors (Lipinski definition) is 5. The Morgan fingerprint density at radius 1 is 1.30 bits per heavy atom. The van der Waals surface area contributed by atoms with Crippen LogP contribution in [0.25, 0.3) is 0 Å². The van der Waals surface area contributed by atoms with E-state index in [2.05, 4.69) is 9.46 Å². The Kier molecular flexibility index (Phi) is 6.92. The summed E-state index contributed by atoms with van der Waals surface area (Å²) in [5.74, 6) is 0.218. The molecule has 0 bridgehead atoms. The number of esters is 1. The predicted molar refractivity (Wildman–Crippen MR) is 92.3 cm³/mol. The van der Waals surface area contributed by atoms with Crippen molar-refractivity contribution in [1.82, 2.24) is 4.72 Å². The highest BCUT2D eigenvalue weighted by atomic mass is 32.2. The lowest BCUT2D eigenvalue weighted by molar-refractivity contribution is 0.0600. The van der Waals surface area contributed by atoms with Gasteiger partial charge in [-0.05, 0) is 31.0 Å². The first-order valence-electron chi connectivity index (χ1n) is 7.82. The molecule has 1 N–H and O–H groups in total. The summed E-state index contributed by atoms with van der Waals surface area (Å²) in [7, 11) is -2.33. The maximum Gasteiger partial charge on any atom is 0.337 e. The van der Waals surface area contributed by atoms with Gasteiger partial charge in [-0.3, -0.25) is 0 Å². The van der Waals surface area contributed by atoms with Crippen LogP contribution in [0.3, 0.4) is 0 Å². The van der Waals surface area contributed by atoms with Gasteiger partial charge in [0.05, 0.1) is 17.6 Å². The molecule has 0 aromatic heterocycles. The number of carbonyl (C=O) groups excluding carboxylic acids is 1. The van der Waals surface area contributed by atoms with E-state index in [1.165, 1.54) is 63.5 Å². The van der Waals surface area contributed by atoms with E-state index in [1.807, 2.05) is 11.8 Å². The molecule has 0 heterocycles. The van der Waals surface area contributed by atoms with E-state index >= 15 is 0 Å². The molecular weight excluding hydrogens is 334 g/mol. The van der Waals surface area contributed by atoms with E-state index in [9.17, 15) is 13.2 Å². The van der Waals surface area contributed by atoms with Crippen LogP contribution in [0.4, 0.5) is 0 Å². The molecule has 128 valence electrons. The summed E-state index contributed by atoms with van der Waals surface area (Å²) in [6.07, 6.45) is 6.35. The van der Waals surface area contributed by atoms with E-state index in [-0.39, 0.29) is 10.5 Å². The normalized spacial score (nSPS) is 16.2. The van der Waals surface area contributed by atoms with Crippen LogP contribution in [-0.4, -0.2) is 39.0 Å². The number of methoxy groups -OCH3 is 1. The van der Waals surface area contributed by atoms with Gasteiger partial charge in [0.25, 0.3) is 0 Å². The Hall–Kier alpha value is -1.05. The van der Waals surface area contributed by atoms with Crippen LogP contribution < -0.4 is 4.72 Å². The lowest BCUT2D eigenvalue weighted by Crippen LogP contribution is -2.27. The molecule has 7 heteroatoms. The summed E-state index contributed by atoms with van der Waals surface area (Å²) in [6.45, 7) is 0.395. The van der Waals surface area contributed by atoms with Crippen molar-refractivity contribution in [3.63, 3.8) is 0 Å². The van der Waals surface area contributed by atoms with Gasteiger partial charge in [0, 0.05) is 17.5 Å². The largest absolute Gasteiger partial charge is 0.465 e. The molecular formula is C16H23NO4S2. The number of carbonyl (C=O) groups is 1. The number of hydrogen-bond donors (Lipinski definition) is 1. The molecule has 2 rings (SSSR count). The van der Waals surface area contributed by atoms with Crippen molar-refractivity contribution >= 4 is 27.8 Å². The van der Waals surface area contributed by atoms with Crippen molar-refractivity contribution < 1.29 is 17.9 Å². The molecule has 1 saturated carbocycles. The van der Waals surface area contributed by atoms with Crippen LogP contribution in [-0.2, 0) is 14.8 Å². The van der Waals surface area contributed by atoms with Crippen molar-refractivity contribution in [3.05, 3.63) is 29.8 Å². The van der Waals surface area contributed by atoms with Gasteiger partial charge >= 0.3 is 5.97 Å². The molecule has 0 aliphatic heterocycles. The van der Waals surface area contributed by atoms with Crippen molar-refractivity contribution in [3.8, 4) is 0 Å². The van der Waals surface area contributed by atoms with Crippen molar-refractivity contribution in [2.24, 2.45) is 0 Å². The quantitative estimate of drug-likeness (QED) is 0.600. The summed E-state index contributed by atoms with van der Waals surface area (Å²) in [5, 5.41) is 0.663. The SMILES string of the molecule is COC(=O)c1cccc(S(=O)(=O)NCCSC2CCCCC2)c1. The summed E-state index contributed by atoms with van der Waals surface area (Å²) in [5.41, 5.74) is 0.229. The number of rotatable bonds is 7. The number of sulfonamides is 1. The molecule has 0 atom stereocenters. The van der Waals surface area contributed by atoms with Crippen molar-refractivity contribution in [1.29, 1.82) is 0 Å². The number of thioether (sulfide) groups is 1. The molecule has 0 amide bonds. The average Bonchev–Trinajstić information content (AvgIpc) is 2.59. The number of benzene rings is 1. The van der Waals surface area contributed by atoms with Gasteiger partial charge in [-0.25, -0.2) is 17.9 Å². The third-order valence-corrected chi connectivity index (χ3v) is 6.71. The molecule has 5 nitrogen and oxygen atoms in total. The molecule has 1 aliphatic carbocycles. The minimum absolute atomic E-state index is 0.0862. The molecule has 0 spiro atoms. The van der Waals surface area contributed by atoms with E-state index in [0.717, 1.165) is 5.75 Å². The minimum atomic E-state index is -3.60. The van der Waals surface area contributed by atoms with Gasteiger partial charge < -0.3 is 4.74 Å². The fraction of sp³-hybridized carbons (Fsp3) is 0.562. The first-order valence-corrected chi connectivity index (χ1v) is 10.4. The van der Waals surface area contributed by atoms with E-state index in [1.54, 1.807) is 0 Å². The van der Waals surface area contributed by atoms with E-state index in [0.29, 0.717) is 11.8 Å².